The third-order valence-electron chi connectivity index (χ3n) is 4.88. The first kappa shape index (κ1) is 20.3. The van der Waals surface area contributed by atoms with Crippen molar-refractivity contribution in [1.82, 2.24) is 15.1 Å². The maximum absolute atomic E-state index is 12.9. The molecular weight excluding hydrogens is 424 g/mol. The molecule has 7 nitrogen and oxygen atoms in total. The number of nitrogens with one attached hydrogen (secondary N) is 1. The Hall–Kier alpha value is -2.97. The third-order valence-corrected chi connectivity index (χ3v) is 6.00. The molecular formula is C21H19ClN4O3S. The molecule has 0 saturated carbocycles. The lowest BCUT2D eigenvalue weighted by Gasteiger charge is -2.23. The Balaban J connectivity index is 1.45. The van der Waals surface area contributed by atoms with Gasteiger partial charge in [0, 0.05) is 22.7 Å². The Labute approximate surface area is 182 Å². The summed E-state index contributed by atoms with van der Waals surface area (Å²) in [5, 5.41) is 12.6. The zero-order chi connectivity index (χ0) is 21.1. The monoisotopic (exact) mass is 442 g/mol. The molecule has 154 valence electrons. The minimum atomic E-state index is -0.543. The Kier molecular flexibility index (Phi) is 5.96. The molecule has 1 atom stereocenters. The van der Waals surface area contributed by atoms with Crippen molar-refractivity contribution in [1.29, 1.82) is 0 Å². The van der Waals surface area contributed by atoms with Crippen LogP contribution in [0.25, 0.3) is 10.6 Å². The van der Waals surface area contributed by atoms with E-state index in [2.05, 4.69) is 15.5 Å². The molecule has 0 radical (unpaired) electrons. The first-order valence-electron chi connectivity index (χ1n) is 9.40. The number of amides is 2. The molecule has 1 aromatic heterocycles. The Morgan fingerprint density at radius 1 is 1.20 bits per heavy atom. The highest BCUT2D eigenvalue weighted by atomic mass is 35.5. The van der Waals surface area contributed by atoms with Crippen LogP contribution in [0.4, 0.5) is 5.13 Å². The van der Waals surface area contributed by atoms with E-state index in [1.807, 2.05) is 12.1 Å². The summed E-state index contributed by atoms with van der Waals surface area (Å²) in [5.74, 6) is 0.240. The number of anilines is 1. The quantitative estimate of drug-likeness (QED) is 0.642. The minimum absolute atomic E-state index is 0.174. The van der Waals surface area contributed by atoms with E-state index in [0.29, 0.717) is 39.4 Å². The van der Waals surface area contributed by atoms with Crippen LogP contribution >= 0.6 is 22.9 Å². The number of nitrogens with zero attached hydrogens (tertiary/aromatic N) is 3. The maximum Gasteiger partial charge on any atom is 0.254 e. The number of halogens is 1. The van der Waals surface area contributed by atoms with Crippen LogP contribution in [0.5, 0.6) is 5.75 Å². The highest BCUT2D eigenvalue weighted by Gasteiger charge is 2.35. The van der Waals surface area contributed by atoms with Crippen molar-refractivity contribution in [2.45, 2.75) is 18.9 Å². The van der Waals surface area contributed by atoms with Gasteiger partial charge < -0.3 is 9.64 Å². The molecule has 0 spiro atoms. The van der Waals surface area contributed by atoms with E-state index >= 15 is 0 Å². The van der Waals surface area contributed by atoms with Gasteiger partial charge >= 0.3 is 0 Å². The molecule has 9 heteroatoms. The molecule has 30 heavy (non-hydrogen) atoms. The van der Waals surface area contributed by atoms with Gasteiger partial charge in [0.1, 0.15) is 16.8 Å². The van der Waals surface area contributed by atoms with Crippen LogP contribution in [0.3, 0.4) is 0 Å². The summed E-state index contributed by atoms with van der Waals surface area (Å²) in [4.78, 5) is 27.4. The summed E-state index contributed by atoms with van der Waals surface area (Å²) >= 11 is 7.29. The van der Waals surface area contributed by atoms with Gasteiger partial charge in [-0.2, -0.15) is 0 Å². The summed E-state index contributed by atoms with van der Waals surface area (Å²) in [7, 11) is 1.57. The molecule has 4 rings (SSSR count). The zero-order valence-corrected chi connectivity index (χ0v) is 17.7. The number of hydrogen-bond donors (Lipinski definition) is 1. The molecule has 2 aromatic carbocycles. The summed E-state index contributed by atoms with van der Waals surface area (Å²) in [5.41, 5.74) is 1.35. The van der Waals surface area contributed by atoms with Crippen LogP contribution in [-0.4, -0.2) is 46.6 Å². The smallest absolute Gasteiger partial charge is 0.254 e. The van der Waals surface area contributed by atoms with Gasteiger partial charge in [-0.15, -0.1) is 10.2 Å². The SMILES string of the molecule is COc1ccc(C(=O)N2CCCC2C(=O)Nc2nnc(-c3cccc(Cl)c3)s2)cc1. The van der Waals surface area contributed by atoms with Crippen LogP contribution in [0, 0.1) is 0 Å². The van der Waals surface area contributed by atoms with E-state index < -0.39 is 6.04 Å². The second-order valence-corrected chi connectivity index (χ2v) is 8.21. The van der Waals surface area contributed by atoms with Gasteiger partial charge in [0.15, 0.2) is 0 Å². The lowest BCUT2D eigenvalue weighted by molar-refractivity contribution is -0.119. The topological polar surface area (TPSA) is 84.4 Å². The second-order valence-electron chi connectivity index (χ2n) is 6.80. The first-order valence-corrected chi connectivity index (χ1v) is 10.6. The number of methoxy groups -OCH3 is 1. The lowest BCUT2D eigenvalue weighted by Crippen LogP contribution is -2.43. The van der Waals surface area contributed by atoms with Crippen molar-refractivity contribution in [3.8, 4) is 16.3 Å². The normalized spacial score (nSPS) is 15.8. The molecule has 1 aliphatic rings. The number of carbonyl (C=O) groups is 2. The standard InChI is InChI=1S/C21H19ClN4O3S/c1-29-16-9-7-13(8-10-16)20(28)26-11-3-6-17(26)18(27)23-21-25-24-19(30-21)14-4-2-5-15(22)12-14/h2,4-5,7-10,12,17H,3,6,11H2,1H3,(H,23,25,27). The molecule has 3 aromatic rings. The van der Waals surface area contributed by atoms with Crippen LogP contribution in [-0.2, 0) is 4.79 Å². The fraction of sp³-hybridized carbons (Fsp3) is 0.238. The second kappa shape index (κ2) is 8.81. The van der Waals surface area contributed by atoms with Crippen LogP contribution in [0.2, 0.25) is 5.02 Å². The predicted molar refractivity (Wildman–Crippen MR) is 116 cm³/mol. The van der Waals surface area contributed by atoms with Crippen molar-refractivity contribution in [3.63, 3.8) is 0 Å². The number of ether oxygens (including phenoxy) is 1. The summed E-state index contributed by atoms with van der Waals surface area (Å²) in [6, 6.07) is 13.6. The number of hydrogen-bond acceptors (Lipinski definition) is 6. The van der Waals surface area contributed by atoms with Gasteiger partial charge in [-0.3, -0.25) is 14.9 Å². The van der Waals surface area contributed by atoms with Gasteiger partial charge in [-0.05, 0) is 49.2 Å². The van der Waals surface area contributed by atoms with Gasteiger partial charge in [0.25, 0.3) is 5.91 Å². The average molecular weight is 443 g/mol. The largest absolute Gasteiger partial charge is 0.497 e. The van der Waals surface area contributed by atoms with E-state index in [9.17, 15) is 9.59 Å². The third kappa shape index (κ3) is 4.29. The fourth-order valence-electron chi connectivity index (χ4n) is 3.38. The number of rotatable bonds is 5. The van der Waals surface area contributed by atoms with E-state index in [4.69, 9.17) is 16.3 Å². The minimum Gasteiger partial charge on any atom is -0.497 e. The molecule has 1 aliphatic heterocycles. The predicted octanol–water partition coefficient (Wildman–Crippen LogP) is 4.11. The molecule has 1 saturated heterocycles. The van der Waals surface area contributed by atoms with E-state index in [-0.39, 0.29) is 11.8 Å². The average Bonchev–Trinajstić information content (AvgIpc) is 3.43. The zero-order valence-electron chi connectivity index (χ0n) is 16.2. The Morgan fingerprint density at radius 2 is 2.00 bits per heavy atom. The fourth-order valence-corrected chi connectivity index (χ4v) is 4.32. The van der Waals surface area contributed by atoms with E-state index in [0.717, 1.165) is 12.0 Å². The summed E-state index contributed by atoms with van der Waals surface area (Å²) < 4.78 is 5.13. The highest BCUT2D eigenvalue weighted by Crippen LogP contribution is 2.29. The number of aromatic nitrogens is 2. The van der Waals surface area contributed by atoms with Gasteiger partial charge in [0.2, 0.25) is 11.0 Å². The molecule has 0 bridgehead atoms. The Bertz CT molecular complexity index is 1070. The molecule has 1 N–H and O–H groups in total. The van der Waals surface area contributed by atoms with Crippen molar-refractivity contribution in [3.05, 3.63) is 59.1 Å². The van der Waals surface area contributed by atoms with Gasteiger partial charge in [0.05, 0.1) is 7.11 Å². The lowest BCUT2D eigenvalue weighted by atomic mass is 10.1. The highest BCUT2D eigenvalue weighted by molar-refractivity contribution is 7.18. The summed E-state index contributed by atoms with van der Waals surface area (Å²) in [6.07, 6.45) is 1.37. The van der Waals surface area contributed by atoms with Crippen LogP contribution in [0.15, 0.2) is 48.5 Å². The molecule has 0 aliphatic carbocycles. The number of carbonyl (C=O) groups excluding carboxylic acids is 2. The van der Waals surface area contributed by atoms with Gasteiger partial charge in [-0.25, -0.2) is 0 Å². The molecule has 2 heterocycles. The van der Waals surface area contributed by atoms with E-state index in [1.54, 1.807) is 48.4 Å². The first-order chi connectivity index (χ1) is 14.5. The Morgan fingerprint density at radius 3 is 2.73 bits per heavy atom. The maximum atomic E-state index is 12.9. The van der Waals surface area contributed by atoms with Crippen LogP contribution < -0.4 is 10.1 Å². The molecule has 1 unspecified atom stereocenters. The summed E-state index contributed by atoms with van der Waals surface area (Å²) in [6.45, 7) is 0.535. The van der Waals surface area contributed by atoms with Gasteiger partial charge in [-0.1, -0.05) is 35.1 Å². The van der Waals surface area contributed by atoms with Crippen molar-refractivity contribution >= 4 is 39.9 Å². The van der Waals surface area contributed by atoms with Crippen LogP contribution in [0.1, 0.15) is 23.2 Å². The number of likely N-dealkylation sites (tertiary alicyclic amines) is 1. The van der Waals surface area contributed by atoms with E-state index in [1.165, 1.54) is 11.3 Å². The van der Waals surface area contributed by atoms with Crippen molar-refractivity contribution < 1.29 is 14.3 Å². The molecule has 1 fully saturated rings. The van der Waals surface area contributed by atoms with Crippen molar-refractivity contribution in [2.24, 2.45) is 0 Å². The number of benzene rings is 2. The molecule has 2 amide bonds. The van der Waals surface area contributed by atoms with Crippen molar-refractivity contribution in [2.75, 3.05) is 19.0 Å².